The van der Waals surface area contributed by atoms with Crippen molar-refractivity contribution in [3.05, 3.63) is 29.8 Å². The number of nitrogens with zero attached hydrogens (tertiary/aromatic N) is 1. The maximum Gasteiger partial charge on any atom is 0.220 e. The molecule has 4 heteroatoms. The Hall–Kier alpha value is -2.02. The molecular formula is C14H17N3O. The van der Waals surface area contributed by atoms with Crippen molar-refractivity contribution in [3.8, 4) is 6.07 Å². The van der Waals surface area contributed by atoms with Gasteiger partial charge in [0.2, 0.25) is 5.91 Å². The van der Waals surface area contributed by atoms with Crippen LogP contribution in [0, 0.1) is 17.2 Å². The van der Waals surface area contributed by atoms with E-state index in [0.29, 0.717) is 11.6 Å². The van der Waals surface area contributed by atoms with Crippen molar-refractivity contribution < 1.29 is 4.79 Å². The Bertz CT molecular complexity index is 470. The zero-order valence-corrected chi connectivity index (χ0v) is 10.2. The lowest BCUT2D eigenvalue weighted by molar-refractivity contribution is -0.122. The molecule has 1 aromatic carbocycles. The number of carbonyl (C=O) groups is 1. The van der Waals surface area contributed by atoms with Crippen LogP contribution in [0.2, 0.25) is 0 Å². The summed E-state index contributed by atoms with van der Waals surface area (Å²) in [6.45, 7) is 0. The second kappa shape index (κ2) is 5.54. The SMILES string of the molecule is N#Cc1cccc(NC2CCC(C(N)=O)CC2)c1. The van der Waals surface area contributed by atoms with E-state index in [1.165, 1.54) is 0 Å². The number of rotatable bonds is 3. The first-order valence-electron chi connectivity index (χ1n) is 6.25. The molecular weight excluding hydrogens is 226 g/mol. The highest BCUT2D eigenvalue weighted by Gasteiger charge is 2.24. The molecule has 0 atom stereocenters. The topological polar surface area (TPSA) is 78.9 Å². The van der Waals surface area contributed by atoms with Crippen molar-refractivity contribution in [2.24, 2.45) is 11.7 Å². The Kier molecular flexibility index (Phi) is 3.83. The summed E-state index contributed by atoms with van der Waals surface area (Å²) in [4.78, 5) is 11.1. The van der Waals surface area contributed by atoms with Gasteiger partial charge in [-0.15, -0.1) is 0 Å². The van der Waals surface area contributed by atoms with E-state index in [1.807, 2.05) is 18.2 Å². The predicted molar refractivity (Wildman–Crippen MR) is 69.7 cm³/mol. The fourth-order valence-corrected chi connectivity index (χ4v) is 2.44. The predicted octanol–water partition coefficient (Wildman–Crippen LogP) is 2.01. The van der Waals surface area contributed by atoms with Gasteiger partial charge in [-0.25, -0.2) is 0 Å². The molecule has 3 N–H and O–H groups in total. The maximum atomic E-state index is 11.1. The van der Waals surface area contributed by atoms with Crippen LogP contribution >= 0.6 is 0 Å². The van der Waals surface area contributed by atoms with E-state index >= 15 is 0 Å². The summed E-state index contributed by atoms with van der Waals surface area (Å²) in [7, 11) is 0. The van der Waals surface area contributed by atoms with Gasteiger partial charge >= 0.3 is 0 Å². The molecule has 94 valence electrons. The van der Waals surface area contributed by atoms with Crippen molar-refractivity contribution in [1.29, 1.82) is 5.26 Å². The zero-order valence-electron chi connectivity index (χ0n) is 10.2. The standard InChI is InChI=1S/C14H17N3O/c15-9-10-2-1-3-13(8-10)17-12-6-4-11(5-7-12)14(16)18/h1-3,8,11-12,17H,4-7H2,(H2,16,18). The van der Waals surface area contributed by atoms with Crippen LogP contribution in [0.15, 0.2) is 24.3 Å². The number of hydrogen-bond acceptors (Lipinski definition) is 3. The highest BCUT2D eigenvalue weighted by atomic mass is 16.1. The fraction of sp³-hybridized carbons (Fsp3) is 0.429. The first-order valence-corrected chi connectivity index (χ1v) is 6.25. The second-order valence-electron chi connectivity index (χ2n) is 4.79. The van der Waals surface area contributed by atoms with Crippen molar-refractivity contribution >= 4 is 11.6 Å². The molecule has 0 spiro atoms. The third kappa shape index (κ3) is 3.01. The van der Waals surface area contributed by atoms with Crippen molar-refractivity contribution in [3.63, 3.8) is 0 Å². The van der Waals surface area contributed by atoms with Gasteiger partial charge in [-0.2, -0.15) is 5.26 Å². The fourth-order valence-electron chi connectivity index (χ4n) is 2.44. The molecule has 0 aromatic heterocycles. The van der Waals surface area contributed by atoms with E-state index in [1.54, 1.807) is 6.07 Å². The molecule has 0 saturated heterocycles. The maximum absolute atomic E-state index is 11.1. The van der Waals surface area contributed by atoms with Gasteiger partial charge in [-0.1, -0.05) is 6.07 Å². The smallest absolute Gasteiger partial charge is 0.220 e. The second-order valence-corrected chi connectivity index (χ2v) is 4.79. The highest BCUT2D eigenvalue weighted by Crippen LogP contribution is 2.26. The first-order chi connectivity index (χ1) is 8.69. The third-order valence-corrected chi connectivity index (χ3v) is 3.49. The molecule has 1 amide bonds. The van der Waals surface area contributed by atoms with E-state index in [2.05, 4.69) is 11.4 Å². The molecule has 1 aliphatic rings. The lowest BCUT2D eigenvalue weighted by atomic mass is 9.85. The number of nitriles is 1. The van der Waals surface area contributed by atoms with Crippen LogP contribution in [0.4, 0.5) is 5.69 Å². The van der Waals surface area contributed by atoms with Gasteiger partial charge in [-0.05, 0) is 43.9 Å². The normalized spacial score (nSPS) is 23.1. The van der Waals surface area contributed by atoms with E-state index in [0.717, 1.165) is 31.4 Å². The largest absolute Gasteiger partial charge is 0.382 e. The number of nitrogens with two attached hydrogens (primary N) is 1. The van der Waals surface area contributed by atoms with Gasteiger partial charge in [0, 0.05) is 17.6 Å². The van der Waals surface area contributed by atoms with Crippen LogP contribution in [0.3, 0.4) is 0 Å². The van der Waals surface area contributed by atoms with Gasteiger partial charge in [0.15, 0.2) is 0 Å². The van der Waals surface area contributed by atoms with Gasteiger partial charge in [-0.3, -0.25) is 4.79 Å². The van der Waals surface area contributed by atoms with Crippen molar-refractivity contribution in [2.45, 2.75) is 31.7 Å². The molecule has 1 fully saturated rings. The van der Waals surface area contributed by atoms with Crippen molar-refractivity contribution in [1.82, 2.24) is 0 Å². The summed E-state index contributed by atoms with van der Waals surface area (Å²) in [5, 5.41) is 12.2. The van der Waals surface area contributed by atoms with Gasteiger partial charge < -0.3 is 11.1 Å². The summed E-state index contributed by atoms with van der Waals surface area (Å²) in [5.74, 6) is -0.145. The first kappa shape index (κ1) is 12.4. The molecule has 4 nitrogen and oxygen atoms in total. The van der Waals surface area contributed by atoms with E-state index < -0.39 is 0 Å². The number of amides is 1. The Morgan fingerprint density at radius 2 is 2.06 bits per heavy atom. The Labute approximate surface area is 107 Å². The number of hydrogen-bond donors (Lipinski definition) is 2. The molecule has 0 radical (unpaired) electrons. The number of carbonyl (C=O) groups excluding carboxylic acids is 1. The van der Waals surface area contributed by atoms with Crippen LogP contribution < -0.4 is 11.1 Å². The number of benzene rings is 1. The molecule has 18 heavy (non-hydrogen) atoms. The Balaban J connectivity index is 1.91. The molecule has 1 aliphatic carbocycles. The van der Waals surface area contributed by atoms with Gasteiger partial charge in [0.25, 0.3) is 0 Å². The summed E-state index contributed by atoms with van der Waals surface area (Å²) >= 11 is 0. The van der Waals surface area contributed by atoms with Crippen LogP contribution in [0.25, 0.3) is 0 Å². The van der Waals surface area contributed by atoms with Crippen LogP contribution in [0.1, 0.15) is 31.2 Å². The zero-order chi connectivity index (χ0) is 13.0. The lowest BCUT2D eigenvalue weighted by Gasteiger charge is -2.28. The molecule has 0 unspecified atom stereocenters. The van der Waals surface area contributed by atoms with Gasteiger partial charge in [0.05, 0.1) is 11.6 Å². The van der Waals surface area contributed by atoms with Crippen LogP contribution in [-0.4, -0.2) is 11.9 Å². The monoisotopic (exact) mass is 243 g/mol. The Morgan fingerprint density at radius 1 is 1.33 bits per heavy atom. The number of primary amides is 1. The Morgan fingerprint density at radius 3 is 2.67 bits per heavy atom. The molecule has 2 rings (SSSR count). The molecule has 0 heterocycles. The highest BCUT2D eigenvalue weighted by molar-refractivity contribution is 5.76. The average Bonchev–Trinajstić information content (AvgIpc) is 2.39. The van der Waals surface area contributed by atoms with E-state index in [-0.39, 0.29) is 11.8 Å². The molecule has 0 bridgehead atoms. The quantitative estimate of drug-likeness (QED) is 0.852. The van der Waals surface area contributed by atoms with E-state index in [9.17, 15) is 4.79 Å². The van der Waals surface area contributed by atoms with Crippen molar-refractivity contribution in [2.75, 3.05) is 5.32 Å². The summed E-state index contributed by atoms with van der Waals surface area (Å²) in [5.41, 5.74) is 6.93. The van der Waals surface area contributed by atoms with Crippen LogP contribution in [-0.2, 0) is 4.79 Å². The summed E-state index contributed by atoms with van der Waals surface area (Å²) < 4.78 is 0. The lowest BCUT2D eigenvalue weighted by Crippen LogP contribution is -2.32. The summed E-state index contributed by atoms with van der Waals surface area (Å²) in [6, 6.07) is 9.96. The van der Waals surface area contributed by atoms with Crippen LogP contribution in [0.5, 0.6) is 0 Å². The van der Waals surface area contributed by atoms with E-state index in [4.69, 9.17) is 11.0 Å². The average molecular weight is 243 g/mol. The minimum absolute atomic E-state index is 0.0356. The third-order valence-electron chi connectivity index (χ3n) is 3.49. The summed E-state index contributed by atoms with van der Waals surface area (Å²) in [6.07, 6.45) is 3.60. The molecule has 1 saturated carbocycles. The molecule has 1 aromatic rings. The number of anilines is 1. The minimum atomic E-state index is -0.181. The minimum Gasteiger partial charge on any atom is -0.382 e. The molecule has 0 aliphatic heterocycles. The van der Waals surface area contributed by atoms with Gasteiger partial charge in [0.1, 0.15) is 0 Å². The number of nitrogens with one attached hydrogen (secondary N) is 1.